The van der Waals surface area contributed by atoms with Crippen molar-refractivity contribution in [1.82, 2.24) is 0 Å². The van der Waals surface area contributed by atoms with E-state index in [1.54, 1.807) is 13.0 Å². The molecule has 0 saturated heterocycles. The third-order valence-electron chi connectivity index (χ3n) is 1.28. The van der Waals surface area contributed by atoms with E-state index in [1.165, 1.54) is 0 Å². The van der Waals surface area contributed by atoms with Gasteiger partial charge < -0.3 is 4.79 Å². The lowest BCUT2D eigenvalue weighted by Crippen LogP contribution is -1.86. The molecule has 0 atom stereocenters. The zero-order chi connectivity index (χ0) is 7.98. The molecule has 0 rings (SSSR count). The van der Waals surface area contributed by atoms with Crippen molar-refractivity contribution < 1.29 is 4.79 Å². The molecule has 0 heterocycles. The molecule has 0 unspecified atom stereocenters. The van der Waals surface area contributed by atoms with Crippen LogP contribution in [0.3, 0.4) is 0 Å². The van der Waals surface area contributed by atoms with E-state index in [9.17, 15) is 4.79 Å². The number of rotatable bonds is 4. The van der Waals surface area contributed by atoms with Crippen LogP contribution in [-0.2, 0) is 4.79 Å². The van der Waals surface area contributed by atoms with Gasteiger partial charge in [0.2, 0.25) is 0 Å². The van der Waals surface area contributed by atoms with Crippen LogP contribution in [0.4, 0.5) is 0 Å². The molecule has 0 N–H and O–H groups in total. The van der Waals surface area contributed by atoms with Crippen molar-refractivity contribution >= 4 is 5.78 Å². The third kappa shape index (κ3) is 5.29. The summed E-state index contributed by atoms with van der Waals surface area (Å²) in [6, 6.07) is 0. The minimum atomic E-state index is 0.244. The minimum Gasteiger partial charge on any atom is -0.300 e. The van der Waals surface area contributed by atoms with Crippen molar-refractivity contribution in [2.75, 3.05) is 0 Å². The van der Waals surface area contributed by atoms with E-state index in [-0.39, 0.29) is 5.78 Å². The average molecular weight is 138 g/mol. The van der Waals surface area contributed by atoms with Crippen molar-refractivity contribution in [3.8, 4) is 0 Å². The molecule has 0 amide bonds. The van der Waals surface area contributed by atoms with Gasteiger partial charge in [-0.25, -0.2) is 0 Å². The Balaban J connectivity index is 3.52. The Kier molecular flexibility index (Phi) is 4.55. The van der Waals surface area contributed by atoms with Gasteiger partial charge >= 0.3 is 0 Å². The van der Waals surface area contributed by atoms with E-state index in [1.807, 2.05) is 13.0 Å². The molecule has 0 aromatic heterocycles. The molecule has 0 radical (unpaired) electrons. The van der Waals surface area contributed by atoms with Crippen LogP contribution in [0.5, 0.6) is 0 Å². The summed E-state index contributed by atoms with van der Waals surface area (Å²) in [6.07, 6.45) is 5.30. The molecular weight excluding hydrogens is 124 g/mol. The molecule has 0 aromatic rings. The van der Waals surface area contributed by atoms with Crippen LogP contribution in [0.1, 0.15) is 26.7 Å². The second-order valence-corrected chi connectivity index (χ2v) is 2.39. The molecule has 0 bridgehead atoms. The average Bonchev–Trinajstić information content (AvgIpc) is 1.87. The van der Waals surface area contributed by atoms with Crippen LogP contribution < -0.4 is 0 Å². The van der Waals surface area contributed by atoms with Crippen molar-refractivity contribution in [1.29, 1.82) is 0 Å². The van der Waals surface area contributed by atoms with E-state index in [0.717, 1.165) is 12.0 Å². The topological polar surface area (TPSA) is 17.1 Å². The van der Waals surface area contributed by atoms with Crippen LogP contribution in [0.25, 0.3) is 0 Å². The van der Waals surface area contributed by atoms with Gasteiger partial charge in [0.15, 0.2) is 0 Å². The van der Waals surface area contributed by atoms with E-state index in [4.69, 9.17) is 0 Å². The number of hydrogen-bond donors (Lipinski definition) is 0. The predicted molar refractivity (Wildman–Crippen MR) is 43.9 cm³/mol. The summed E-state index contributed by atoms with van der Waals surface area (Å²) in [6.45, 7) is 7.19. The van der Waals surface area contributed by atoms with Gasteiger partial charge in [-0.05, 0) is 20.3 Å². The maximum absolute atomic E-state index is 10.5. The normalized spacial score (nSPS) is 11.2. The molecule has 56 valence electrons. The Hall–Kier alpha value is -0.850. The van der Waals surface area contributed by atoms with Crippen LogP contribution in [-0.4, -0.2) is 5.78 Å². The predicted octanol–water partition coefficient (Wildman–Crippen LogP) is 2.49. The fraction of sp³-hybridized carbons (Fsp3) is 0.444. The molecule has 0 aliphatic heterocycles. The van der Waals surface area contributed by atoms with Gasteiger partial charge in [0.05, 0.1) is 0 Å². The Morgan fingerprint density at radius 1 is 1.50 bits per heavy atom. The molecule has 0 fully saturated rings. The number of Topliss-reactive ketones (excluding diaryl/α,β-unsaturated/α-hetero) is 1. The lowest BCUT2D eigenvalue weighted by Gasteiger charge is -1.90. The summed E-state index contributed by atoms with van der Waals surface area (Å²) in [5.41, 5.74) is 1.14. The lowest BCUT2D eigenvalue weighted by atomic mass is 10.2. The Labute approximate surface area is 62.4 Å². The maximum Gasteiger partial charge on any atom is 0.130 e. The highest BCUT2D eigenvalue weighted by atomic mass is 16.1. The standard InChI is InChI=1S/C9H14O/c1-4-8(2)6-5-7-9(3)10/h4,6H,1,5,7H2,2-3H3/b8-6-. The molecule has 1 nitrogen and oxygen atoms in total. The summed E-state index contributed by atoms with van der Waals surface area (Å²) in [5, 5.41) is 0. The lowest BCUT2D eigenvalue weighted by molar-refractivity contribution is -0.116. The van der Waals surface area contributed by atoms with Gasteiger partial charge in [0, 0.05) is 6.42 Å². The molecule has 10 heavy (non-hydrogen) atoms. The first-order valence-electron chi connectivity index (χ1n) is 3.45. The van der Waals surface area contributed by atoms with Gasteiger partial charge in [0.1, 0.15) is 5.78 Å². The van der Waals surface area contributed by atoms with Crippen molar-refractivity contribution in [3.05, 3.63) is 24.3 Å². The number of ketones is 1. The third-order valence-corrected chi connectivity index (χ3v) is 1.28. The summed E-state index contributed by atoms with van der Waals surface area (Å²) in [5.74, 6) is 0.244. The van der Waals surface area contributed by atoms with Crippen molar-refractivity contribution in [2.45, 2.75) is 26.7 Å². The molecule has 0 saturated carbocycles. The number of allylic oxidation sites excluding steroid dienone is 3. The SMILES string of the molecule is C=C/C(C)=C\CCC(C)=O. The second-order valence-electron chi connectivity index (χ2n) is 2.39. The summed E-state index contributed by atoms with van der Waals surface area (Å²) >= 11 is 0. The van der Waals surface area contributed by atoms with Gasteiger partial charge in [-0.1, -0.05) is 24.3 Å². The molecule has 0 spiro atoms. The van der Waals surface area contributed by atoms with Gasteiger partial charge in [-0.2, -0.15) is 0 Å². The molecule has 0 aliphatic carbocycles. The Bertz CT molecular complexity index is 154. The first-order valence-corrected chi connectivity index (χ1v) is 3.45. The highest BCUT2D eigenvalue weighted by molar-refractivity contribution is 5.75. The van der Waals surface area contributed by atoms with E-state index >= 15 is 0 Å². The van der Waals surface area contributed by atoms with E-state index in [2.05, 4.69) is 6.58 Å². The fourth-order valence-electron chi connectivity index (χ4n) is 0.586. The van der Waals surface area contributed by atoms with Gasteiger partial charge in [0.25, 0.3) is 0 Å². The highest BCUT2D eigenvalue weighted by Gasteiger charge is 1.88. The molecule has 0 aliphatic rings. The van der Waals surface area contributed by atoms with E-state index < -0.39 is 0 Å². The summed E-state index contributed by atoms with van der Waals surface area (Å²) in [7, 11) is 0. The number of carbonyl (C=O) groups excluding carboxylic acids is 1. The van der Waals surface area contributed by atoms with Crippen LogP contribution in [0, 0.1) is 0 Å². The largest absolute Gasteiger partial charge is 0.300 e. The van der Waals surface area contributed by atoms with E-state index in [0.29, 0.717) is 6.42 Å². The smallest absolute Gasteiger partial charge is 0.130 e. The zero-order valence-electron chi connectivity index (χ0n) is 6.68. The molecule has 0 aromatic carbocycles. The summed E-state index contributed by atoms with van der Waals surface area (Å²) < 4.78 is 0. The number of carbonyl (C=O) groups is 1. The van der Waals surface area contributed by atoms with Gasteiger partial charge in [-0.3, -0.25) is 0 Å². The first-order chi connectivity index (χ1) is 4.66. The monoisotopic (exact) mass is 138 g/mol. The van der Waals surface area contributed by atoms with Gasteiger partial charge in [-0.15, -0.1) is 0 Å². The maximum atomic E-state index is 10.5. The molecular formula is C9H14O. The van der Waals surface area contributed by atoms with Crippen LogP contribution in [0.2, 0.25) is 0 Å². The fourth-order valence-corrected chi connectivity index (χ4v) is 0.586. The highest BCUT2D eigenvalue weighted by Crippen LogP contribution is 1.98. The van der Waals surface area contributed by atoms with Crippen molar-refractivity contribution in [2.24, 2.45) is 0 Å². The quantitative estimate of drug-likeness (QED) is 0.545. The minimum absolute atomic E-state index is 0.244. The Morgan fingerprint density at radius 2 is 2.10 bits per heavy atom. The second kappa shape index (κ2) is 4.98. The Morgan fingerprint density at radius 3 is 2.50 bits per heavy atom. The zero-order valence-corrected chi connectivity index (χ0v) is 6.68. The molecule has 1 heteroatoms. The first kappa shape index (κ1) is 9.15. The van der Waals surface area contributed by atoms with Crippen LogP contribution >= 0.6 is 0 Å². The summed E-state index contributed by atoms with van der Waals surface area (Å²) in [4.78, 5) is 10.5. The van der Waals surface area contributed by atoms with Crippen LogP contribution in [0.15, 0.2) is 24.3 Å². The number of hydrogen-bond acceptors (Lipinski definition) is 1. The van der Waals surface area contributed by atoms with Crippen molar-refractivity contribution in [3.63, 3.8) is 0 Å².